The lowest BCUT2D eigenvalue weighted by atomic mass is 10.1. The standard InChI is InChI=1S/C19H19N5S/c1-13-4-7-15(8-5-13)18-16(11-25-19-22-20-12-23(19)3)24-10-14(2)6-9-17(24)21-18/h4-10,12H,11H2,1-3H3. The van der Waals surface area contributed by atoms with Crippen LogP contribution in [0, 0.1) is 13.8 Å². The van der Waals surface area contributed by atoms with Gasteiger partial charge in [-0.05, 0) is 25.5 Å². The molecule has 0 amide bonds. The van der Waals surface area contributed by atoms with Crippen LogP contribution in [-0.4, -0.2) is 24.1 Å². The molecule has 3 heterocycles. The lowest BCUT2D eigenvalue weighted by Crippen LogP contribution is -1.96. The lowest BCUT2D eigenvalue weighted by Gasteiger charge is -2.06. The van der Waals surface area contributed by atoms with E-state index in [0.717, 1.165) is 27.8 Å². The van der Waals surface area contributed by atoms with Gasteiger partial charge in [-0.3, -0.25) is 0 Å². The van der Waals surface area contributed by atoms with Crippen LogP contribution in [0.1, 0.15) is 16.8 Å². The third-order valence-electron chi connectivity index (χ3n) is 4.20. The minimum Gasteiger partial charge on any atom is -0.312 e. The van der Waals surface area contributed by atoms with Crippen molar-refractivity contribution in [1.82, 2.24) is 24.1 Å². The van der Waals surface area contributed by atoms with Crippen molar-refractivity contribution in [2.24, 2.45) is 7.05 Å². The van der Waals surface area contributed by atoms with Gasteiger partial charge in [0.25, 0.3) is 0 Å². The number of aromatic nitrogens is 5. The molecular weight excluding hydrogens is 330 g/mol. The summed E-state index contributed by atoms with van der Waals surface area (Å²) in [7, 11) is 1.96. The number of aryl methyl sites for hydroxylation is 3. The predicted octanol–water partition coefficient (Wildman–Crippen LogP) is 4.04. The molecule has 0 saturated heterocycles. The topological polar surface area (TPSA) is 48.0 Å². The Balaban J connectivity index is 1.81. The summed E-state index contributed by atoms with van der Waals surface area (Å²) in [6, 6.07) is 12.7. The van der Waals surface area contributed by atoms with E-state index in [1.807, 2.05) is 11.6 Å². The van der Waals surface area contributed by atoms with Crippen molar-refractivity contribution >= 4 is 17.4 Å². The third-order valence-corrected chi connectivity index (χ3v) is 5.24. The fraction of sp³-hybridized carbons (Fsp3) is 0.211. The van der Waals surface area contributed by atoms with Crippen LogP contribution in [0.25, 0.3) is 16.9 Å². The van der Waals surface area contributed by atoms with Gasteiger partial charge in [-0.15, -0.1) is 10.2 Å². The van der Waals surface area contributed by atoms with E-state index in [1.165, 1.54) is 16.8 Å². The van der Waals surface area contributed by atoms with Crippen molar-refractivity contribution in [1.29, 1.82) is 0 Å². The minimum absolute atomic E-state index is 0.778. The highest BCUT2D eigenvalue weighted by atomic mass is 32.2. The highest BCUT2D eigenvalue weighted by Crippen LogP contribution is 2.30. The molecular formula is C19H19N5S. The van der Waals surface area contributed by atoms with Gasteiger partial charge in [-0.2, -0.15) is 0 Å². The second-order valence-corrected chi connectivity index (χ2v) is 7.16. The second-order valence-electron chi connectivity index (χ2n) is 6.22. The van der Waals surface area contributed by atoms with E-state index in [2.05, 4.69) is 71.0 Å². The maximum Gasteiger partial charge on any atom is 0.191 e. The molecule has 0 aliphatic heterocycles. The lowest BCUT2D eigenvalue weighted by molar-refractivity contribution is 0.788. The summed E-state index contributed by atoms with van der Waals surface area (Å²) in [4.78, 5) is 4.88. The van der Waals surface area contributed by atoms with Crippen LogP contribution in [-0.2, 0) is 12.8 Å². The Bertz CT molecular complexity index is 1030. The van der Waals surface area contributed by atoms with Gasteiger partial charge in [-0.1, -0.05) is 47.7 Å². The Hall–Kier alpha value is -2.60. The van der Waals surface area contributed by atoms with Gasteiger partial charge >= 0.3 is 0 Å². The number of benzene rings is 1. The molecule has 4 rings (SSSR count). The number of rotatable bonds is 4. The summed E-state index contributed by atoms with van der Waals surface area (Å²) in [6.45, 7) is 4.20. The van der Waals surface area contributed by atoms with Gasteiger partial charge in [-0.25, -0.2) is 4.98 Å². The van der Waals surface area contributed by atoms with E-state index in [4.69, 9.17) is 4.98 Å². The number of hydrogen-bond acceptors (Lipinski definition) is 4. The summed E-state index contributed by atoms with van der Waals surface area (Å²) >= 11 is 1.67. The average molecular weight is 349 g/mol. The first-order valence-electron chi connectivity index (χ1n) is 8.13. The van der Waals surface area contributed by atoms with Crippen LogP contribution >= 0.6 is 11.8 Å². The van der Waals surface area contributed by atoms with Crippen molar-refractivity contribution < 1.29 is 0 Å². The number of fused-ring (bicyclic) bond motifs is 1. The SMILES string of the molecule is Cc1ccc(-c2nc3ccc(C)cn3c2CSc2nncn2C)cc1. The summed E-state index contributed by atoms with van der Waals surface area (Å²) in [5, 5.41) is 9.03. The molecule has 6 heteroatoms. The summed E-state index contributed by atoms with van der Waals surface area (Å²) in [6.07, 6.45) is 3.87. The second kappa shape index (κ2) is 6.37. The van der Waals surface area contributed by atoms with E-state index in [-0.39, 0.29) is 0 Å². The fourth-order valence-corrected chi connectivity index (χ4v) is 3.71. The molecule has 0 atom stereocenters. The smallest absolute Gasteiger partial charge is 0.191 e. The maximum absolute atomic E-state index is 4.88. The Morgan fingerprint density at radius 3 is 2.48 bits per heavy atom. The molecule has 1 aromatic carbocycles. The van der Waals surface area contributed by atoms with Crippen molar-refractivity contribution in [3.63, 3.8) is 0 Å². The zero-order chi connectivity index (χ0) is 17.4. The summed E-state index contributed by atoms with van der Waals surface area (Å²) in [5.74, 6) is 0.778. The molecule has 0 aliphatic carbocycles. The van der Waals surface area contributed by atoms with Crippen LogP contribution in [0.2, 0.25) is 0 Å². The first-order valence-corrected chi connectivity index (χ1v) is 9.12. The monoisotopic (exact) mass is 349 g/mol. The van der Waals surface area contributed by atoms with Crippen molar-refractivity contribution in [2.45, 2.75) is 24.8 Å². The first kappa shape index (κ1) is 15.9. The number of nitrogens with zero attached hydrogens (tertiary/aromatic N) is 5. The van der Waals surface area contributed by atoms with Crippen LogP contribution in [0.15, 0.2) is 54.1 Å². The normalized spacial score (nSPS) is 11.3. The Labute approximate surface area is 150 Å². The molecule has 3 aromatic heterocycles. The molecule has 0 aliphatic rings. The van der Waals surface area contributed by atoms with Crippen molar-refractivity contribution in [3.05, 3.63) is 65.7 Å². The van der Waals surface area contributed by atoms with Gasteiger partial charge in [0, 0.05) is 24.6 Å². The highest BCUT2D eigenvalue weighted by Gasteiger charge is 2.15. The van der Waals surface area contributed by atoms with Crippen molar-refractivity contribution in [3.8, 4) is 11.3 Å². The molecule has 0 unspecified atom stereocenters. The Morgan fingerprint density at radius 1 is 1.00 bits per heavy atom. The molecule has 0 radical (unpaired) electrons. The predicted molar refractivity (Wildman–Crippen MR) is 101 cm³/mol. The number of thioether (sulfide) groups is 1. The van der Waals surface area contributed by atoms with Crippen molar-refractivity contribution in [2.75, 3.05) is 0 Å². The molecule has 126 valence electrons. The fourth-order valence-electron chi connectivity index (χ4n) is 2.82. The molecule has 0 bridgehead atoms. The van der Waals surface area contributed by atoms with E-state index >= 15 is 0 Å². The maximum atomic E-state index is 4.88. The van der Waals surface area contributed by atoms with Gasteiger partial charge in [0.05, 0.1) is 11.4 Å². The number of hydrogen-bond donors (Lipinski definition) is 0. The molecule has 0 saturated carbocycles. The highest BCUT2D eigenvalue weighted by molar-refractivity contribution is 7.98. The van der Waals surface area contributed by atoms with E-state index in [9.17, 15) is 0 Å². The Morgan fingerprint density at radius 2 is 1.76 bits per heavy atom. The van der Waals surface area contributed by atoms with Gasteiger partial charge in [0.1, 0.15) is 12.0 Å². The van der Waals surface area contributed by atoms with E-state index < -0.39 is 0 Å². The molecule has 5 nitrogen and oxygen atoms in total. The first-order chi connectivity index (χ1) is 12.1. The van der Waals surface area contributed by atoms with Gasteiger partial charge in [0.2, 0.25) is 0 Å². The van der Waals surface area contributed by atoms with Crippen LogP contribution in [0.4, 0.5) is 0 Å². The van der Waals surface area contributed by atoms with Crippen LogP contribution in [0.3, 0.4) is 0 Å². The summed E-state index contributed by atoms with van der Waals surface area (Å²) < 4.78 is 4.12. The van der Waals surface area contributed by atoms with Gasteiger partial charge in [0.15, 0.2) is 5.16 Å². The Kier molecular flexibility index (Phi) is 4.05. The zero-order valence-electron chi connectivity index (χ0n) is 14.5. The molecule has 0 N–H and O–H groups in total. The van der Waals surface area contributed by atoms with Crippen LogP contribution in [0.5, 0.6) is 0 Å². The van der Waals surface area contributed by atoms with Crippen LogP contribution < -0.4 is 0 Å². The minimum atomic E-state index is 0.778. The average Bonchev–Trinajstić information content (AvgIpc) is 3.17. The third kappa shape index (κ3) is 3.05. The summed E-state index contributed by atoms with van der Waals surface area (Å²) in [5.41, 5.74) is 6.77. The number of pyridine rings is 1. The zero-order valence-corrected chi connectivity index (χ0v) is 15.3. The van der Waals surface area contributed by atoms with Gasteiger partial charge < -0.3 is 8.97 Å². The number of imidazole rings is 1. The molecule has 25 heavy (non-hydrogen) atoms. The molecule has 4 aromatic rings. The molecule has 0 spiro atoms. The van der Waals surface area contributed by atoms with E-state index in [1.54, 1.807) is 18.1 Å². The largest absolute Gasteiger partial charge is 0.312 e. The molecule has 0 fully saturated rings. The van der Waals surface area contributed by atoms with E-state index in [0.29, 0.717) is 0 Å². The quantitative estimate of drug-likeness (QED) is 0.522.